The lowest BCUT2D eigenvalue weighted by atomic mass is 9.87. The van der Waals surface area contributed by atoms with E-state index in [1.165, 1.54) is 12.1 Å². The number of piperidine rings is 1. The Bertz CT molecular complexity index is 543. The number of amides is 1. The third kappa shape index (κ3) is 4.90. The number of aliphatic hydroxyl groups excluding tert-OH is 1. The second kappa shape index (κ2) is 8.42. The molecule has 0 bridgehead atoms. The predicted molar refractivity (Wildman–Crippen MR) is 87.2 cm³/mol. The number of aliphatic hydroxyl groups is 1. The number of carbonyl (C=O) groups excluding carboxylic acids is 1. The van der Waals surface area contributed by atoms with Crippen molar-refractivity contribution in [1.82, 2.24) is 4.90 Å². The van der Waals surface area contributed by atoms with Crippen LogP contribution >= 0.6 is 0 Å². The topological polar surface area (TPSA) is 49.8 Å². The van der Waals surface area contributed by atoms with Crippen LogP contribution < -0.4 is 4.74 Å². The number of alkyl halides is 2. The molecule has 0 aromatic heterocycles. The molecule has 1 heterocycles. The van der Waals surface area contributed by atoms with Gasteiger partial charge in [0.05, 0.1) is 11.7 Å². The molecule has 0 saturated carbocycles. The van der Waals surface area contributed by atoms with Crippen LogP contribution in [-0.2, 0) is 0 Å². The Morgan fingerprint density at radius 1 is 1.29 bits per heavy atom. The first kappa shape index (κ1) is 18.6. The van der Waals surface area contributed by atoms with Crippen molar-refractivity contribution >= 4 is 5.91 Å². The summed E-state index contributed by atoms with van der Waals surface area (Å²) in [6, 6.07) is 6.06. The minimum atomic E-state index is -2.96. The summed E-state index contributed by atoms with van der Waals surface area (Å²) in [5.74, 6) is 0.213. The van der Waals surface area contributed by atoms with E-state index in [1.54, 1.807) is 17.0 Å². The largest absolute Gasteiger partial charge is 0.434 e. The average molecular weight is 341 g/mol. The highest BCUT2D eigenvalue weighted by Gasteiger charge is 2.29. The number of hydrogen-bond acceptors (Lipinski definition) is 3. The van der Waals surface area contributed by atoms with Gasteiger partial charge in [-0.2, -0.15) is 8.78 Å². The first-order valence-corrected chi connectivity index (χ1v) is 8.39. The lowest BCUT2D eigenvalue weighted by Crippen LogP contribution is -2.41. The molecule has 1 aliphatic rings. The van der Waals surface area contributed by atoms with E-state index in [9.17, 15) is 18.7 Å². The number of para-hydroxylation sites is 1. The first-order chi connectivity index (χ1) is 11.4. The maximum absolute atomic E-state index is 12.6. The molecule has 0 spiro atoms. The molecule has 6 heteroatoms. The number of ether oxygens (including phenoxy) is 1. The summed E-state index contributed by atoms with van der Waals surface area (Å²) in [6.45, 7) is 2.21. The minimum absolute atomic E-state index is 0.0977. The quantitative estimate of drug-likeness (QED) is 0.861. The summed E-state index contributed by atoms with van der Waals surface area (Å²) in [6.07, 6.45) is 1.84. The number of carbonyl (C=O) groups is 1. The van der Waals surface area contributed by atoms with Crippen LogP contribution in [0.3, 0.4) is 0 Å². The lowest BCUT2D eigenvalue weighted by molar-refractivity contribution is -0.0503. The van der Waals surface area contributed by atoms with E-state index in [0.717, 1.165) is 19.3 Å². The van der Waals surface area contributed by atoms with E-state index in [1.807, 2.05) is 0 Å². The van der Waals surface area contributed by atoms with Crippen LogP contribution in [0.1, 0.15) is 43.5 Å². The van der Waals surface area contributed by atoms with Crippen LogP contribution in [0.25, 0.3) is 0 Å². The Kier molecular flexibility index (Phi) is 6.54. The molecule has 1 saturated heterocycles. The third-order valence-corrected chi connectivity index (χ3v) is 4.42. The summed E-state index contributed by atoms with van der Waals surface area (Å²) in [4.78, 5) is 14.2. The molecule has 0 unspecified atom stereocenters. The van der Waals surface area contributed by atoms with Gasteiger partial charge in [0.1, 0.15) is 5.75 Å². The molecule has 1 fully saturated rings. The molecule has 2 rings (SSSR count). The molecule has 1 aromatic carbocycles. The van der Waals surface area contributed by atoms with E-state index >= 15 is 0 Å². The summed E-state index contributed by atoms with van der Waals surface area (Å²) in [5.41, 5.74) is 0.152. The molecule has 1 aromatic rings. The van der Waals surface area contributed by atoms with Gasteiger partial charge >= 0.3 is 6.61 Å². The molecule has 134 valence electrons. The average Bonchev–Trinajstić information content (AvgIpc) is 2.53. The monoisotopic (exact) mass is 341 g/mol. The van der Waals surface area contributed by atoms with Crippen molar-refractivity contribution in [3.63, 3.8) is 0 Å². The normalized spacial score (nSPS) is 17.4. The van der Waals surface area contributed by atoms with E-state index in [0.29, 0.717) is 19.0 Å². The molecule has 1 aliphatic heterocycles. The smallest absolute Gasteiger partial charge is 0.387 e. The summed E-state index contributed by atoms with van der Waals surface area (Å²) >= 11 is 0. The second-order valence-electron chi connectivity index (χ2n) is 6.70. The molecular formula is C18H25F2NO3. The van der Waals surface area contributed by atoms with Crippen LogP contribution in [0.4, 0.5) is 8.78 Å². The minimum Gasteiger partial charge on any atom is -0.434 e. The molecular weight excluding hydrogens is 316 g/mol. The van der Waals surface area contributed by atoms with Crippen molar-refractivity contribution in [1.29, 1.82) is 0 Å². The zero-order valence-corrected chi connectivity index (χ0v) is 14.1. The molecule has 0 radical (unpaired) electrons. The Balaban J connectivity index is 1.98. The van der Waals surface area contributed by atoms with Crippen LogP contribution in [0.2, 0.25) is 0 Å². The van der Waals surface area contributed by atoms with Gasteiger partial charge in [-0.15, -0.1) is 0 Å². The van der Waals surface area contributed by atoms with E-state index < -0.39 is 6.61 Å². The zero-order chi connectivity index (χ0) is 17.7. The van der Waals surface area contributed by atoms with Crippen LogP contribution in [0.15, 0.2) is 24.3 Å². The molecule has 0 aliphatic carbocycles. The van der Waals surface area contributed by atoms with Crippen LogP contribution in [-0.4, -0.2) is 41.7 Å². The van der Waals surface area contributed by atoms with Gasteiger partial charge in [-0.05, 0) is 43.2 Å². The number of halogens is 2. The SMILES string of the molecule is CC(C)C[C@@H](O)C1CCN(C(=O)c2ccccc2OC(F)F)CC1. The Labute approximate surface area is 141 Å². The van der Waals surface area contributed by atoms with Gasteiger partial charge in [0.15, 0.2) is 0 Å². The summed E-state index contributed by atoms with van der Waals surface area (Å²) < 4.78 is 29.4. The standard InChI is InChI=1S/C18H25F2NO3/c1-12(2)11-15(22)13-7-9-21(10-8-13)17(23)14-5-3-4-6-16(14)24-18(19)20/h3-6,12-13,15,18,22H,7-11H2,1-2H3/t15-/m1/s1. The lowest BCUT2D eigenvalue weighted by Gasteiger charge is -2.35. The maximum atomic E-state index is 12.6. The molecule has 1 atom stereocenters. The highest BCUT2D eigenvalue weighted by atomic mass is 19.3. The number of likely N-dealkylation sites (tertiary alicyclic amines) is 1. The van der Waals surface area contributed by atoms with Gasteiger partial charge in [0, 0.05) is 13.1 Å². The third-order valence-electron chi connectivity index (χ3n) is 4.42. The van der Waals surface area contributed by atoms with Gasteiger partial charge < -0.3 is 14.7 Å². The summed E-state index contributed by atoms with van der Waals surface area (Å²) in [7, 11) is 0. The number of hydrogen-bond donors (Lipinski definition) is 1. The molecule has 1 amide bonds. The van der Waals surface area contributed by atoms with E-state index in [-0.39, 0.29) is 29.2 Å². The predicted octanol–water partition coefficient (Wildman–Crippen LogP) is 3.55. The Hall–Kier alpha value is -1.69. The van der Waals surface area contributed by atoms with E-state index in [2.05, 4.69) is 18.6 Å². The van der Waals surface area contributed by atoms with Crippen LogP contribution in [0.5, 0.6) is 5.75 Å². The van der Waals surface area contributed by atoms with Gasteiger partial charge in [-0.25, -0.2) is 0 Å². The molecule has 4 nitrogen and oxygen atoms in total. The highest BCUT2D eigenvalue weighted by molar-refractivity contribution is 5.97. The van der Waals surface area contributed by atoms with Gasteiger partial charge in [-0.1, -0.05) is 26.0 Å². The Morgan fingerprint density at radius 3 is 2.50 bits per heavy atom. The fraction of sp³-hybridized carbons (Fsp3) is 0.611. The molecule has 1 N–H and O–H groups in total. The van der Waals surface area contributed by atoms with Crippen molar-refractivity contribution < 1.29 is 23.4 Å². The fourth-order valence-electron chi connectivity index (χ4n) is 3.18. The first-order valence-electron chi connectivity index (χ1n) is 8.39. The van der Waals surface area contributed by atoms with Crippen molar-refractivity contribution in [2.45, 2.75) is 45.8 Å². The molecule has 24 heavy (non-hydrogen) atoms. The van der Waals surface area contributed by atoms with Crippen molar-refractivity contribution in [2.75, 3.05) is 13.1 Å². The maximum Gasteiger partial charge on any atom is 0.387 e. The van der Waals surface area contributed by atoms with E-state index in [4.69, 9.17) is 0 Å². The Morgan fingerprint density at radius 2 is 1.92 bits per heavy atom. The van der Waals surface area contributed by atoms with Crippen molar-refractivity contribution in [3.05, 3.63) is 29.8 Å². The number of benzene rings is 1. The van der Waals surface area contributed by atoms with Gasteiger partial charge in [0.2, 0.25) is 0 Å². The van der Waals surface area contributed by atoms with Crippen molar-refractivity contribution in [2.24, 2.45) is 11.8 Å². The van der Waals surface area contributed by atoms with Crippen LogP contribution in [0, 0.1) is 11.8 Å². The number of rotatable bonds is 6. The zero-order valence-electron chi connectivity index (χ0n) is 14.1. The van der Waals surface area contributed by atoms with Gasteiger partial charge in [-0.3, -0.25) is 4.79 Å². The fourth-order valence-corrected chi connectivity index (χ4v) is 3.18. The summed E-state index contributed by atoms with van der Waals surface area (Å²) in [5, 5.41) is 10.2. The highest BCUT2D eigenvalue weighted by Crippen LogP contribution is 2.27. The second-order valence-corrected chi connectivity index (χ2v) is 6.70. The number of nitrogens with zero attached hydrogens (tertiary/aromatic N) is 1. The van der Waals surface area contributed by atoms with Gasteiger partial charge in [0.25, 0.3) is 5.91 Å². The van der Waals surface area contributed by atoms with Crippen molar-refractivity contribution in [3.8, 4) is 5.75 Å².